The third kappa shape index (κ3) is 3.33. The van der Waals surface area contributed by atoms with Crippen molar-refractivity contribution in [1.82, 2.24) is 0 Å². The predicted molar refractivity (Wildman–Crippen MR) is 89.2 cm³/mol. The number of carbonyl (C=O) groups excluding carboxylic acids is 2. The zero-order chi connectivity index (χ0) is 16.6. The molecule has 1 aliphatic heterocycles. The molecule has 6 heteroatoms. The van der Waals surface area contributed by atoms with Crippen molar-refractivity contribution in [3.8, 4) is 0 Å². The molecular formula is C17H13Cl2NO3. The van der Waals surface area contributed by atoms with E-state index in [9.17, 15) is 9.59 Å². The summed E-state index contributed by atoms with van der Waals surface area (Å²) in [5.41, 5.74) is 2.76. The number of ether oxygens (including phenoxy) is 1. The lowest BCUT2D eigenvalue weighted by Gasteiger charge is -2.24. The molecule has 1 unspecified atom stereocenters. The first-order chi connectivity index (χ1) is 10.9. The lowest BCUT2D eigenvalue weighted by atomic mass is 9.96. The average molecular weight is 350 g/mol. The van der Waals surface area contributed by atoms with Crippen molar-refractivity contribution in [2.75, 3.05) is 5.32 Å². The van der Waals surface area contributed by atoms with E-state index in [0.717, 1.165) is 11.1 Å². The normalized spacial score (nSPS) is 16.5. The second kappa shape index (κ2) is 6.22. The molecule has 1 aliphatic rings. The van der Waals surface area contributed by atoms with Gasteiger partial charge in [0.15, 0.2) is 6.10 Å². The fraction of sp³-hybridized carbons (Fsp3) is 0.176. The standard InChI is InChI=1S/C17H13Cl2NO3/c1-9-2-4-12-10(6-9)7-15(23-17(12)22)16(21)20-14-5-3-11(18)8-13(14)19/h2-6,8,15H,7H2,1H3,(H,20,21). The van der Waals surface area contributed by atoms with E-state index < -0.39 is 18.0 Å². The highest BCUT2D eigenvalue weighted by Gasteiger charge is 2.31. The van der Waals surface area contributed by atoms with Crippen molar-refractivity contribution in [3.63, 3.8) is 0 Å². The Morgan fingerprint density at radius 1 is 1.22 bits per heavy atom. The summed E-state index contributed by atoms with van der Waals surface area (Å²) in [6, 6.07) is 10.2. The Kier molecular flexibility index (Phi) is 4.28. The van der Waals surface area contributed by atoms with E-state index in [0.29, 0.717) is 27.7 Å². The van der Waals surface area contributed by atoms with Crippen LogP contribution in [0.2, 0.25) is 10.0 Å². The second-order valence-corrected chi connectivity index (χ2v) is 6.22. The molecule has 0 saturated carbocycles. The lowest BCUT2D eigenvalue weighted by Crippen LogP contribution is -2.38. The maximum Gasteiger partial charge on any atom is 0.339 e. The van der Waals surface area contributed by atoms with Crippen LogP contribution < -0.4 is 5.32 Å². The Hall–Kier alpha value is -2.04. The number of amides is 1. The molecular weight excluding hydrogens is 337 g/mol. The number of rotatable bonds is 2. The Balaban J connectivity index is 1.80. The van der Waals surface area contributed by atoms with Crippen molar-refractivity contribution < 1.29 is 14.3 Å². The van der Waals surface area contributed by atoms with E-state index >= 15 is 0 Å². The van der Waals surface area contributed by atoms with E-state index in [2.05, 4.69) is 5.32 Å². The molecule has 0 bridgehead atoms. The van der Waals surface area contributed by atoms with Gasteiger partial charge in [0.25, 0.3) is 5.91 Å². The number of carbonyl (C=O) groups is 2. The van der Waals surface area contributed by atoms with E-state index in [1.807, 2.05) is 19.1 Å². The molecule has 0 aliphatic carbocycles. The van der Waals surface area contributed by atoms with Crippen LogP contribution in [0.4, 0.5) is 5.69 Å². The van der Waals surface area contributed by atoms with Gasteiger partial charge < -0.3 is 10.1 Å². The van der Waals surface area contributed by atoms with Gasteiger partial charge in [0, 0.05) is 11.4 Å². The zero-order valence-electron chi connectivity index (χ0n) is 12.2. The van der Waals surface area contributed by atoms with Crippen LogP contribution in [-0.2, 0) is 16.0 Å². The maximum absolute atomic E-state index is 12.4. The van der Waals surface area contributed by atoms with Gasteiger partial charge in [-0.25, -0.2) is 4.79 Å². The summed E-state index contributed by atoms with van der Waals surface area (Å²) in [7, 11) is 0. The summed E-state index contributed by atoms with van der Waals surface area (Å²) in [5.74, 6) is -0.914. The molecule has 0 saturated heterocycles. The van der Waals surface area contributed by atoms with Crippen molar-refractivity contribution in [1.29, 1.82) is 0 Å². The van der Waals surface area contributed by atoms with E-state index in [1.54, 1.807) is 18.2 Å². The minimum atomic E-state index is -0.886. The van der Waals surface area contributed by atoms with E-state index in [4.69, 9.17) is 27.9 Å². The highest BCUT2D eigenvalue weighted by atomic mass is 35.5. The van der Waals surface area contributed by atoms with Crippen molar-refractivity contribution >= 4 is 40.8 Å². The van der Waals surface area contributed by atoms with Gasteiger partial charge >= 0.3 is 5.97 Å². The van der Waals surface area contributed by atoms with Gasteiger partial charge in [-0.2, -0.15) is 0 Å². The van der Waals surface area contributed by atoms with Gasteiger partial charge in [-0.15, -0.1) is 0 Å². The summed E-state index contributed by atoms with van der Waals surface area (Å²) >= 11 is 11.9. The van der Waals surface area contributed by atoms with Crippen LogP contribution in [0.3, 0.4) is 0 Å². The van der Waals surface area contributed by atoms with Crippen LogP contribution in [0.1, 0.15) is 21.5 Å². The van der Waals surface area contributed by atoms with E-state index in [-0.39, 0.29) is 0 Å². The maximum atomic E-state index is 12.4. The van der Waals surface area contributed by atoms with Gasteiger partial charge in [0.1, 0.15) is 0 Å². The third-order valence-electron chi connectivity index (χ3n) is 3.62. The number of fused-ring (bicyclic) bond motifs is 1. The van der Waals surface area contributed by atoms with Gasteiger partial charge in [-0.3, -0.25) is 4.79 Å². The number of halogens is 2. The van der Waals surface area contributed by atoms with Gasteiger partial charge in [-0.05, 0) is 36.8 Å². The molecule has 0 fully saturated rings. The Bertz CT molecular complexity index is 804. The average Bonchev–Trinajstić information content (AvgIpc) is 2.49. The first-order valence-corrected chi connectivity index (χ1v) is 7.76. The predicted octanol–water partition coefficient (Wildman–Crippen LogP) is 4.02. The molecule has 0 aromatic heterocycles. The number of aryl methyl sites for hydroxylation is 1. The quantitative estimate of drug-likeness (QED) is 0.833. The van der Waals surface area contributed by atoms with Crippen LogP contribution in [0, 0.1) is 6.92 Å². The molecule has 2 aromatic carbocycles. The highest BCUT2D eigenvalue weighted by Crippen LogP contribution is 2.27. The number of anilines is 1. The summed E-state index contributed by atoms with van der Waals surface area (Å²) < 4.78 is 5.23. The monoisotopic (exact) mass is 349 g/mol. The van der Waals surface area contributed by atoms with Gasteiger partial charge in [0.2, 0.25) is 0 Å². The molecule has 118 valence electrons. The number of hydrogen-bond donors (Lipinski definition) is 1. The summed E-state index contributed by atoms with van der Waals surface area (Å²) in [6.07, 6.45) is -0.552. The molecule has 1 atom stereocenters. The second-order valence-electron chi connectivity index (χ2n) is 5.37. The van der Waals surface area contributed by atoms with Crippen LogP contribution in [0.15, 0.2) is 36.4 Å². The fourth-order valence-electron chi connectivity index (χ4n) is 2.47. The van der Waals surface area contributed by atoms with Crippen LogP contribution >= 0.6 is 23.2 Å². The molecule has 4 nitrogen and oxygen atoms in total. The first kappa shape index (κ1) is 15.8. The minimum absolute atomic E-state index is 0.323. The number of hydrogen-bond acceptors (Lipinski definition) is 3. The van der Waals surface area contributed by atoms with Crippen molar-refractivity contribution in [2.24, 2.45) is 0 Å². The SMILES string of the molecule is Cc1ccc2c(c1)CC(C(=O)Nc1ccc(Cl)cc1Cl)OC2=O. The Morgan fingerprint density at radius 3 is 2.74 bits per heavy atom. The number of esters is 1. The molecule has 1 heterocycles. The van der Waals surface area contributed by atoms with Crippen LogP contribution in [0.5, 0.6) is 0 Å². The summed E-state index contributed by atoms with van der Waals surface area (Å²) in [6.45, 7) is 1.93. The third-order valence-corrected chi connectivity index (χ3v) is 4.16. The highest BCUT2D eigenvalue weighted by molar-refractivity contribution is 6.36. The molecule has 3 rings (SSSR count). The first-order valence-electron chi connectivity index (χ1n) is 7.00. The largest absolute Gasteiger partial charge is 0.448 e. The van der Waals surface area contributed by atoms with Crippen molar-refractivity contribution in [3.05, 3.63) is 63.1 Å². The number of benzene rings is 2. The van der Waals surface area contributed by atoms with Crippen LogP contribution in [-0.4, -0.2) is 18.0 Å². The fourth-order valence-corrected chi connectivity index (χ4v) is 2.93. The number of nitrogens with one attached hydrogen (secondary N) is 1. The van der Waals surface area contributed by atoms with Gasteiger partial charge in [0.05, 0.1) is 16.3 Å². The smallest absolute Gasteiger partial charge is 0.339 e. The zero-order valence-corrected chi connectivity index (χ0v) is 13.7. The summed E-state index contributed by atoms with van der Waals surface area (Å²) in [4.78, 5) is 24.4. The lowest BCUT2D eigenvalue weighted by molar-refractivity contribution is -0.125. The Morgan fingerprint density at radius 2 is 2.00 bits per heavy atom. The molecule has 0 spiro atoms. The molecule has 2 aromatic rings. The molecule has 0 radical (unpaired) electrons. The molecule has 23 heavy (non-hydrogen) atoms. The van der Waals surface area contributed by atoms with Crippen molar-refractivity contribution in [2.45, 2.75) is 19.4 Å². The van der Waals surface area contributed by atoms with Crippen LogP contribution in [0.25, 0.3) is 0 Å². The minimum Gasteiger partial charge on any atom is -0.448 e. The molecule has 1 amide bonds. The van der Waals surface area contributed by atoms with Gasteiger partial charge in [-0.1, -0.05) is 40.9 Å². The Labute approximate surface area is 143 Å². The van der Waals surface area contributed by atoms with E-state index in [1.165, 1.54) is 6.07 Å². The summed E-state index contributed by atoms with van der Waals surface area (Å²) in [5, 5.41) is 3.46. The molecule has 1 N–H and O–H groups in total. The number of cyclic esters (lactones) is 1. The topological polar surface area (TPSA) is 55.4 Å².